The van der Waals surface area contributed by atoms with E-state index >= 15 is 0 Å². The van der Waals surface area contributed by atoms with Crippen molar-refractivity contribution in [1.29, 1.82) is 0 Å². The summed E-state index contributed by atoms with van der Waals surface area (Å²) in [6.45, 7) is 6.41. The molecule has 2 aliphatic heterocycles. The minimum Gasteiger partial charge on any atom is -0.339 e. The Morgan fingerprint density at radius 1 is 1.38 bits per heavy atom. The van der Waals surface area contributed by atoms with Gasteiger partial charge in [0, 0.05) is 38.1 Å². The summed E-state index contributed by atoms with van der Waals surface area (Å²) in [6.07, 6.45) is 0.847. The number of aromatic nitrogens is 1. The molecule has 0 N–H and O–H groups in total. The van der Waals surface area contributed by atoms with E-state index in [1.165, 1.54) is 0 Å². The van der Waals surface area contributed by atoms with E-state index in [1.807, 2.05) is 6.92 Å². The zero-order valence-electron chi connectivity index (χ0n) is 12.2. The first kappa shape index (κ1) is 13.6. The third kappa shape index (κ3) is 2.48. The molecule has 1 aromatic heterocycles. The van der Waals surface area contributed by atoms with Gasteiger partial charge in [-0.1, -0.05) is 0 Å². The Morgan fingerprint density at radius 3 is 2.57 bits per heavy atom. The highest BCUT2D eigenvalue weighted by molar-refractivity contribution is 7.09. The topological polar surface area (TPSA) is 36.4 Å². The summed E-state index contributed by atoms with van der Waals surface area (Å²) in [5.41, 5.74) is -0.359. The predicted octanol–water partition coefficient (Wildman–Crippen LogP) is 1.84. The van der Waals surface area contributed by atoms with E-state index in [0.717, 1.165) is 43.4 Å². The lowest BCUT2D eigenvalue weighted by molar-refractivity contribution is -0.137. The van der Waals surface area contributed by atoms with Crippen LogP contribution in [0.1, 0.15) is 23.5 Å². The van der Waals surface area contributed by atoms with Gasteiger partial charge in [-0.05, 0) is 31.6 Å². The van der Waals surface area contributed by atoms with Crippen LogP contribution in [-0.2, 0) is 11.3 Å². The zero-order valence-corrected chi connectivity index (χ0v) is 13.0. The number of hydrogen-bond donors (Lipinski definition) is 0. The van der Waals surface area contributed by atoms with Gasteiger partial charge >= 0.3 is 0 Å². The molecule has 0 spiro atoms. The van der Waals surface area contributed by atoms with Crippen molar-refractivity contribution in [2.45, 2.75) is 32.0 Å². The van der Waals surface area contributed by atoms with Gasteiger partial charge < -0.3 is 4.90 Å². The molecular formula is C15H20FN3OS. The van der Waals surface area contributed by atoms with E-state index < -0.39 is 5.67 Å². The summed E-state index contributed by atoms with van der Waals surface area (Å²) >= 11 is 1.69. The van der Waals surface area contributed by atoms with Crippen LogP contribution in [0.25, 0.3) is 0 Å². The second-order valence-electron chi connectivity index (χ2n) is 6.75. The molecular weight excluding hydrogens is 289 g/mol. The molecule has 3 aliphatic rings. The number of carbonyl (C=O) groups is 1. The van der Waals surface area contributed by atoms with Crippen molar-refractivity contribution < 1.29 is 9.18 Å². The molecule has 1 amide bonds. The molecule has 0 radical (unpaired) electrons. The van der Waals surface area contributed by atoms with Crippen molar-refractivity contribution in [2.24, 2.45) is 11.8 Å². The van der Waals surface area contributed by atoms with Crippen molar-refractivity contribution in [1.82, 2.24) is 14.8 Å². The summed E-state index contributed by atoms with van der Waals surface area (Å²) in [5, 5.41) is 3.23. The standard InChI is InChI=1S/C15H20FN3OS/c1-10-17-13(9-21-10)8-18-4-11-6-19(7-12(11)5-18)14(20)15(16)2-3-15/h9,11-12H,2-8H2,1H3/t11-,12-/m0/s1. The summed E-state index contributed by atoms with van der Waals surface area (Å²) in [7, 11) is 0. The van der Waals surface area contributed by atoms with Gasteiger partial charge in [0.1, 0.15) is 0 Å². The molecule has 1 aromatic rings. The van der Waals surface area contributed by atoms with Crippen LogP contribution in [0.5, 0.6) is 0 Å². The van der Waals surface area contributed by atoms with Crippen LogP contribution >= 0.6 is 11.3 Å². The lowest BCUT2D eigenvalue weighted by Gasteiger charge is -2.22. The van der Waals surface area contributed by atoms with Crippen LogP contribution in [0, 0.1) is 18.8 Å². The fourth-order valence-electron chi connectivity index (χ4n) is 3.70. The SMILES string of the molecule is Cc1nc(CN2C[C@H]3CN(C(=O)C4(F)CC4)C[C@@H]3C2)cs1. The van der Waals surface area contributed by atoms with Crippen molar-refractivity contribution in [3.05, 3.63) is 16.1 Å². The van der Waals surface area contributed by atoms with Gasteiger partial charge in [-0.15, -0.1) is 11.3 Å². The van der Waals surface area contributed by atoms with Crippen molar-refractivity contribution in [3.8, 4) is 0 Å². The Morgan fingerprint density at radius 2 is 2.05 bits per heavy atom. The number of aryl methyl sites for hydroxylation is 1. The Labute approximate surface area is 127 Å². The van der Waals surface area contributed by atoms with E-state index in [-0.39, 0.29) is 5.91 Å². The third-order valence-corrected chi connectivity index (χ3v) is 5.80. The van der Waals surface area contributed by atoms with Crippen LogP contribution < -0.4 is 0 Å². The molecule has 3 heterocycles. The smallest absolute Gasteiger partial charge is 0.260 e. The minimum absolute atomic E-state index is 0.251. The Bertz CT molecular complexity index is 557. The molecule has 114 valence electrons. The maximum absolute atomic E-state index is 13.9. The first-order valence-electron chi connectivity index (χ1n) is 7.65. The van der Waals surface area contributed by atoms with E-state index in [9.17, 15) is 9.18 Å². The van der Waals surface area contributed by atoms with Gasteiger partial charge in [-0.3, -0.25) is 9.69 Å². The molecule has 2 saturated heterocycles. The first-order chi connectivity index (χ1) is 10.0. The largest absolute Gasteiger partial charge is 0.339 e. The molecule has 1 saturated carbocycles. The van der Waals surface area contributed by atoms with Gasteiger partial charge in [-0.2, -0.15) is 0 Å². The van der Waals surface area contributed by atoms with Crippen LogP contribution in [0.4, 0.5) is 4.39 Å². The van der Waals surface area contributed by atoms with E-state index in [4.69, 9.17) is 0 Å². The number of alkyl halides is 1. The number of rotatable bonds is 3. The molecule has 3 fully saturated rings. The fourth-order valence-corrected chi connectivity index (χ4v) is 4.31. The van der Waals surface area contributed by atoms with E-state index in [1.54, 1.807) is 16.2 Å². The zero-order chi connectivity index (χ0) is 14.6. The predicted molar refractivity (Wildman–Crippen MR) is 78.8 cm³/mol. The molecule has 6 heteroatoms. The highest BCUT2D eigenvalue weighted by Gasteiger charge is 2.55. The second-order valence-corrected chi connectivity index (χ2v) is 7.81. The van der Waals surface area contributed by atoms with Gasteiger partial charge in [0.15, 0.2) is 5.67 Å². The number of likely N-dealkylation sites (tertiary alicyclic amines) is 2. The normalized spacial score (nSPS) is 30.7. The molecule has 4 nitrogen and oxygen atoms in total. The van der Waals surface area contributed by atoms with Crippen LogP contribution in [0.2, 0.25) is 0 Å². The number of carbonyl (C=O) groups excluding carboxylic acids is 1. The Hall–Kier alpha value is -1.01. The van der Waals surface area contributed by atoms with E-state index in [2.05, 4.69) is 15.3 Å². The van der Waals surface area contributed by atoms with Crippen LogP contribution in [0.3, 0.4) is 0 Å². The maximum Gasteiger partial charge on any atom is 0.260 e. The molecule has 4 rings (SSSR count). The number of nitrogens with zero attached hydrogens (tertiary/aromatic N) is 3. The quantitative estimate of drug-likeness (QED) is 0.855. The monoisotopic (exact) mass is 309 g/mol. The number of amides is 1. The summed E-state index contributed by atoms with van der Waals surface area (Å²) < 4.78 is 13.9. The minimum atomic E-state index is -1.50. The third-order valence-electron chi connectivity index (χ3n) is 4.97. The van der Waals surface area contributed by atoms with Gasteiger partial charge in [0.25, 0.3) is 5.91 Å². The molecule has 0 unspecified atom stereocenters. The average molecular weight is 309 g/mol. The number of halogens is 1. The van der Waals surface area contributed by atoms with Crippen molar-refractivity contribution >= 4 is 17.2 Å². The second kappa shape index (κ2) is 4.74. The van der Waals surface area contributed by atoms with Crippen molar-refractivity contribution in [2.75, 3.05) is 26.2 Å². The maximum atomic E-state index is 13.9. The van der Waals surface area contributed by atoms with Gasteiger partial charge in [-0.25, -0.2) is 9.37 Å². The highest BCUT2D eigenvalue weighted by atomic mass is 32.1. The average Bonchev–Trinajstić information content (AvgIpc) is 2.76. The lowest BCUT2D eigenvalue weighted by Crippen LogP contribution is -2.39. The van der Waals surface area contributed by atoms with E-state index in [0.29, 0.717) is 24.7 Å². The number of thiazole rings is 1. The first-order valence-corrected chi connectivity index (χ1v) is 8.53. The molecule has 21 heavy (non-hydrogen) atoms. The molecule has 0 aromatic carbocycles. The highest BCUT2D eigenvalue weighted by Crippen LogP contribution is 2.43. The van der Waals surface area contributed by atoms with Gasteiger partial charge in [0.2, 0.25) is 0 Å². The Balaban J connectivity index is 1.34. The fraction of sp³-hybridized carbons (Fsp3) is 0.733. The number of hydrogen-bond acceptors (Lipinski definition) is 4. The summed E-state index contributed by atoms with van der Waals surface area (Å²) in [5.74, 6) is 0.769. The van der Waals surface area contributed by atoms with Crippen LogP contribution in [0.15, 0.2) is 5.38 Å². The molecule has 2 atom stereocenters. The summed E-state index contributed by atoms with van der Waals surface area (Å²) in [4.78, 5) is 20.8. The molecule has 0 bridgehead atoms. The summed E-state index contributed by atoms with van der Waals surface area (Å²) in [6, 6.07) is 0. The Kier molecular flexibility index (Phi) is 3.08. The van der Waals surface area contributed by atoms with Crippen molar-refractivity contribution in [3.63, 3.8) is 0 Å². The number of fused-ring (bicyclic) bond motifs is 1. The lowest BCUT2D eigenvalue weighted by atomic mass is 10.0. The van der Waals surface area contributed by atoms with Crippen LogP contribution in [-0.4, -0.2) is 52.5 Å². The van der Waals surface area contributed by atoms with Gasteiger partial charge in [0.05, 0.1) is 10.7 Å². The molecule has 1 aliphatic carbocycles.